The van der Waals surface area contributed by atoms with Crippen molar-refractivity contribution in [1.82, 2.24) is 15.6 Å². The Balaban J connectivity index is 1.37. The molecule has 2 bridgehead atoms. The normalized spacial score (nSPS) is 22.1. The van der Waals surface area contributed by atoms with Crippen LogP contribution < -0.4 is 10.6 Å². The van der Waals surface area contributed by atoms with Crippen molar-refractivity contribution in [2.75, 3.05) is 13.6 Å². The molecule has 3 heterocycles. The van der Waals surface area contributed by atoms with Crippen molar-refractivity contribution in [2.45, 2.75) is 102 Å². The summed E-state index contributed by atoms with van der Waals surface area (Å²) in [4.78, 5) is 29.0. The second-order valence-corrected chi connectivity index (χ2v) is 10.7. The first-order chi connectivity index (χ1) is 18.5. The van der Waals surface area contributed by atoms with Crippen LogP contribution in [0.15, 0.2) is 28.9 Å². The molecule has 4 atom stereocenters. The third kappa shape index (κ3) is 7.22. The van der Waals surface area contributed by atoms with Crippen molar-refractivity contribution < 1.29 is 23.1 Å². The van der Waals surface area contributed by atoms with E-state index in [0.29, 0.717) is 37.4 Å². The van der Waals surface area contributed by atoms with Gasteiger partial charge in [-0.2, -0.15) is 0 Å². The number of carbonyl (C=O) groups is 2. The number of amides is 2. The molecule has 208 valence electrons. The van der Waals surface area contributed by atoms with E-state index < -0.39 is 0 Å². The van der Waals surface area contributed by atoms with Gasteiger partial charge in [0, 0.05) is 25.9 Å². The van der Waals surface area contributed by atoms with Crippen LogP contribution in [0.25, 0.3) is 0 Å². The third-order valence-corrected chi connectivity index (χ3v) is 8.05. The maximum Gasteiger partial charge on any atom is 0.273 e. The number of oxazole rings is 1. The van der Waals surface area contributed by atoms with E-state index in [0.717, 1.165) is 36.8 Å². The molecule has 7 nitrogen and oxygen atoms in total. The molecule has 2 aromatic rings. The molecule has 4 unspecified atom stereocenters. The molecule has 1 aromatic carbocycles. The number of ether oxygens (including phenoxy) is 1. The molecule has 2 N–H and O–H groups in total. The standard InChI is InChI=1S/C30H42FN3O4/c1-3-4-5-6-7-8-9-16-33-29(36)24-19-37-30(34-24)28-23(25-13-14-26(28)38-25)18-21-17-22(31)12-10-20(21)11-15-27(35)32-2/h10,12,17,19,23,25-26,28H,3-9,11,13-16,18H2,1-2H3,(H,32,35)(H,33,36). The average molecular weight is 528 g/mol. The number of halogens is 1. The fraction of sp³-hybridized carbons (Fsp3) is 0.633. The molecule has 4 rings (SSSR count). The first-order valence-electron chi connectivity index (χ1n) is 14.4. The van der Waals surface area contributed by atoms with Crippen molar-refractivity contribution in [3.63, 3.8) is 0 Å². The zero-order valence-electron chi connectivity index (χ0n) is 22.8. The Kier molecular flexibility index (Phi) is 10.3. The van der Waals surface area contributed by atoms with Crippen LogP contribution in [0.5, 0.6) is 0 Å². The zero-order valence-corrected chi connectivity index (χ0v) is 22.8. The highest BCUT2D eigenvalue weighted by molar-refractivity contribution is 5.91. The summed E-state index contributed by atoms with van der Waals surface area (Å²) in [5.41, 5.74) is 2.15. The highest BCUT2D eigenvalue weighted by Gasteiger charge is 2.51. The summed E-state index contributed by atoms with van der Waals surface area (Å²) in [6.45, 7) is 2.85. The van der Waals surface area contributed by atoms with Gasteiger partial charge in [0.15, 0.2) is 5.69 Å². The number of rotatable bonds is 15. The molecule has 1 aromatic heterocycles. The van der Waals surface area contributed by atoms with E-state index in [-0.39, 0.29) is 41.7 Å². The molecule has 2 amide bonds. The minimum Gasteiger partial charge on any atom is -0.448 e. The fourth-order valence-electron chi connectivity index (χ4n) is 5.95. The Morgan fingerprint density at radius 1 is 1.05 bits per heavy atom. The molecule has 0 saturated carbocycles. The molecule has 2 aliphatic rings. The van der Waals surface area contributed by atoms with Gasteiger partial charge in [-0.3, -0.25) is 9.59 Å². The maximum atomic E-state index is 14.2. The summed E-state index contributed by atoms with van der Waals surface area (Å²) >= 11 is 0. The van der Waals surface area contributed by atoms with Crippen molar-refractivity contribution in [3.05, 3.63) is 53.0 Å². The second-order valence-electron chi connectivity index (χ2n) is 10.7. The minimum absolute atomic E-state index is 0.0184. The largest absolute Gasteiger partial charge is 0.448 e. The van der Waals surface area contributed by atoms with Crippen LogP contribution in [0, 0.1) is 11.7 Å². The van der Waals surface area contributed by atoms with Crippen molar-refractivity contribution >= 4 is 11.8 Å². The number of carbonyl (C=O) groups excluding carboxylic acids is 2. The number of hydrogen-bond acceptors (Lipinski definition) is 5. The Morgan fingerprint density at radius 3 is 2.61 bits per heavy atom. The summed E-state index contributed by atoms with van der Waals surface area (Å²) in [6, 6.07) is 4.79. The predicted octanol–water partition coefficient (Wildman–Crippen LogP) is 5.48. The maximum absolute atomic E-state index is 14.2. The van der Waals surface area contributed by atoms with Gasteiger partial charge in [-0.25, -0.2) is 9.37 Å². The lowest BCUT2D eigenvalue weighted by Gasteiger charge is -2.26. The van der Waals surface area contributed by atoms with E-state index in [4.69, 9.17) is 9.15 Å². The Bertz CT molecular complexity index is 1070. The number of nitrogens with zero attached hydrogens (tertiary/aromatic N) is 1. The van der Waals surface area contributed by atoms with Gasteiger partial charge in [0.2, 0.25) is 11.8 Å². The Labute approximate surface area is 225 Å². The first-order valence-corrected chi connectivity index (χ1v) is 14.4. The van der Waals surface area contributed by atoms with Crippen molar-refractivity contribution in [3.8, 4) is 0 Å². The Morgan fingerprint density at radius 2 is 1.82 bits per heavy atom. The SMILES string of the molecule is CCCCCCCCCNC(=O)c1coc(C2C3CCC(O3)C2Cc2cc(F)ccc2CCC(=O)NC)n1. The van der Waals surface area contributed by atoms with E-state index >= 15 is 0 Å². The molecule has 38 heavy (non-hydrogen) atoms. The molecular weight excluding hydrogens is 485 g/mol. The molecule has 2 saturated heterocycles. The van der Waals surface area contributed by atoms with Crippen LogP contribution in [0.2, 0.25) is 0 Å². The van der Waals surface area contributed by atoms with Crippen LogP contribution in [0.4, 0.5) is 4.39 Å². The number of nitrogens with one attached hydrogen (secondary N) is 2. The summed E-state index contributed by atoms with van der Waals surface area (Å²) < 4.78 is 26.3. The van der Waals surface area contributed by atoms with Gasteiger partial charge in [-0.15, -0.1) is 0 Å². The lowest BCUT2D eigenvalue weighted by molar-refractivity contribution is -0.120. The number of unbranched alkanes of at least 4 members (excludes halogenated alkanes) is 6. The smallest absolute Gasteiger partial charge is 0.273 e. The van der Waals surface area contributed by atoms with Gasteiger partial charge < -0.3 is 19.8 Å². The predicted molar refractivity (Wildman–Crippen MR) is 143 cm³/mol. The van der Waals surface area contributed by atoms with Crippen LogP contribution in [-0.2, 0) is 22.4 Å². The quantitative estimate of drug-likeness (QED) is 0.299. The zero-order chi connectivity index (χ0) is 26.9. The van der Waals surface area contributed by atoms with E-state index in [1.165, 1.54) is 44.4 Å². The molecule has 0 radical (unpaired) electrons. The summed E-state index contributed by atoms with van der Waals surface area (Å²) in [5.74, 6) is -0.0517. The number of benzene rings is 1. The topological polar surface area (TPSA) is 93.5 Å². The van der Waals surface area contributed by atoms with Gasteiger partial charge in [-0.05, 0) is 55.4 Å². The number of aryl methyl sites for hydroxylation is 1. The molecule has 2 aliphatic heterocycles. The summed E-state index contributed by atoms with van der Waals surface area (Å²) in [5, 5.41) is 5.61. The van der Waals surface area contributed by atoms with E-state index in [1.54, 1.807) is 19.2 Å². The van der Waals surface area contributed by atoms with Crippen molar-refractivity contribution in [1.29, 1.82) is 0 Å². The van der Waals surface area contributed by atoms with Crippen molar-refractivity contribution in [2.24, 2.45) is 5.92 Å². The van der Waals surface area contributed by atoms with E-state index in [2.05, 4.69) is 22.5 Å². The molecule has 2 fully saturated rings. The monoisotopic (exact) mass is 527 g/mol. The highest BCUT2D eigenvalue weighted by atomic mass is 19.1. The third-order valence-electron chi connectivity index (χ3n) is 8.05. The van der Waals surface area contributed by atoms with E-state index in [9.17, 15) is 14.0 Å². The molecule has 0 aliphatic carbocycles. The lowest BCUT2D eigenvalue weighted by atomic mass is 9.75. The minimum atomic E-state index is -0.291. The van der Waals surface area contributed by atoms with Gasteiger partial charge in [0.05, 0.1) is 18.1 Å². The van der Waals surface area contributed by atoms with Crippen LogP contribution >= 0.6 is 0 Å². The second kappa shape index (κ2) is 13.9. The van der Waals surface area contributed by atoms with Crippen LogP contribution in [-0.4, -0.2) is 42.6 Å². The van der Waals surface area contributed by atoms with Gasteiger partial charge >= 0.3 is 0 Å². The van der Waals surface area contributed by atoms with Crippen LogP contribution in [0.1, 0.15) is 105 Å². The number of hydrogen-bond donors (Lipinski definition) is 2. The first kappa shape index (κ1) is 28.3. The number of aromatic nitrogens is 1. The van der Waals surface area contributed by atoms with Gasteiger partial charge in [0.1, 0.15) is 12.1 Å². The Hall–Kier alpha value is -2.74. The van der Waals surface area contributed by atoms with Gasteiger partial charge in [0.25, 0.3) is 5.91 Å². The average Bonchev–Trinajstić information content (AvgIpc) is 3.66. The molecule has 0 spiro atoms. The van der Waals surface area contributed by atoms with Gasteiger partial charge in [-0.1, -0.05) is 51.5 Å². The molecular formula is C30H42FN3O4. The van der Waals surface area contributed by atoms with E-state index in [1.807, 2.05) is 0 Å². The fourth-order valence-corrected chi connectivity index (χ4v) is 5.95. The highest BCUT2D eigenvalue weighted by Crippen LogP contribution is 2.50. The van der Waals surface area contributed by atoms with Crippen LogP contribution in [0.3, 0.4) is 0 Å². The summed E-state index contributed by atoms with van der Waals surface area (Å²) in [6.07, 6.45) is 13.2. The lowest BCUT2D eigenvalue weighted by Crippen LogP contribution is -2.28. The number of fused-ring (bicyclic) bond motifs is 2. The summed E-state index contributed by atoms with van der Waals surface area (Å²) in [7, 11) is 1.62. The molecule has 8 heteroatoms.